The largest absolute Gasteiger partial charge is 0.377 e. The molecule has 24 heavy (non-hydrogen) atoms. The van der Waals surface area contributed by atoms with Gasteiger partial charge in [-0.3, -0.25) is 0 Å². The van der Waals surface area contributed by atoms with Crippen LogP contribution in [-0.4, -0.2) is 6.61 Å². The van der Waals surface area contributed by atoms with E-state index in [-0.39, 0.29) is 0 Å². The number of hydrogen-bond donors (Lipinski definition) is 0. The minimum Gasteiger partial charge on any atom is -0.377 e. The quantitative estimate of drug-likeness (QED) is 0.543. The lowest BCUT2D eigenvalue weighted by atomic mass is 9.68. The number of hydrogen-bond acceptors (Lipinski definition) is 1. The summed E-state index contributed by atoms with van der Waals surface area (Å²) in [5.74, 6) is 3.57. The highest BCUT2D eigenvalue weighted by atomic mass is 16.5. The maximum atomic E-state index is 5.50. The summed E-state index contributed by atoms with van der Waals surface area (Å²) in [5, 5.41) is 0. The first-order valence-corrected chi connectivity index (χ1v) is 10.1. The Morgan fingerprint density at radius 1 is 0.917 bits per heavy atom. The Morgan fingerprint density at radius 3 is 2.04 bits per heavy atom. The Bertz CT molecular complexity index is 487. The molecule has 0 atom stereocenters. The van der Waals surface area contributed by atoms with Crippen molar-refractivity contribution in [2.45, 2.75) is 70.8 Å². The van der Waals surface area contributed by atoms with E-state index in [1.165, 1.54) is 56.9 Å². The number of benzene rings is 1. The van der Waals surface area contributed by atoms with Crippen molar-refractivity contribution in [3.63, 3.8) is 0 Å². The van der Waals surface area contributed by atoms with Crippen LogP contribution in [0.5, 0.6) is 0 Å². The van der Waals surface area contributed by atoms with Gasteiger partial charge in [0.05, 0.1) is 6.61 Å². The third-order valence-corrected chi connectivity index (χ3v) is 6.51. The summed E-state index contributed by atoms with van der Waals surface area (Å²) in [4.78, 5) is 0. The van der Waals surface area contributed by atoms with Crippen LogP contribution in [0.15, 0.2) is 36.9 Å². The number of allylic oxidation sites excluding steroid dienone is 1. The van der Waals surface area contributed by atoms with E-state index >= 15 is 0 Å². The maximum Gasteiger partial charge on any atom is 0.0716 e. The molecule has 2 fully saturated rings. The zero-order chi connectivity index (χ0) is 16.8. The fourth-order valence-electron chi connectivity index (χ4n) is 4.88. The van der Waals surface area contributed by atoms with Crippen molar-refractivity contribution in [1.29, 1.82) is 0 Å². The second kappa shape index (κ2) is 8.85. The molecule has 0 aromatic heterocycles. The molecule has 0 spiro atoms. The predicted molar refractivity (Wildman–Crippen MR) is 102 cm³/mol. The third kappa shape index (κ3) is 4.51. The van der Waals surface area contributed by atoms with Crippen LogP contribution in [0, 0.1) is 17.8 Å². The molecule has 0 unspecified atom stereocenters. The van der Waals surface area contributed by atoms with Gasteiger partial charge in [-0.25, -0.2) is 0 Å². The molecular weight excluding hydrogens is 292 g/mol. The first kappa shape index (κ1) is 17.7. The molecule has 132 valence electrons. The van der Waals surface area contributed by atoms with Gasteiger partial charge in [-0.05, 0) is 93.1 Å². The lowest BCUT2D eigenvalue weighted by molar-refractivity contribution is 0.134. The second-order valence-electron chi connectivity index (χ2n) is 7.90. The van der Waals surface area contributed by atoms with Crippen LogP contribution in [0.25, 0.3) is 0 Å². The van der Waals surface area contributed by atoms with Crippen LogP contribution in [0.1, 0.15) is 75.3 Å². The van der Waals surface area contributed by atoms with Crippen LogP contribution in [-0.2, 0) is 11.3 Å². The summed E-state index contributed by atoms with van der Waals surface area (Å²) in [6.45, 7) is 7.57. The van der Waals surface area contributed by atoms with E-state index < -0.39 is 0 Å². The Kier molecular flexibility index (Phi) is 6.54. The predicted octanol–water partition coefficient (Wildman–Crippen LogP) is 6.49. The van der Waals surface area contributed by atoms with E-state index in [9.17, 15) is 0 Å². The van der Waals surface area contributed by atoms with Gasteiger partial charge in [0.2, 0.25) is 0 Å². The number of ether oxygens (including phenoxy) is 1. The normalized spacial score (nSPS) is 30.9. The van der Waals surface area contributed by atoms with Gasteiger partial charge in [-0.15, -0.1) is 6.58 Å². The molecule has 0 heterocycles. The van der Waals surface area contributed by atoms with Gasteiger partial charge in [-0.1, -0.05) is 30.3 Å². The Hall–Kier alpha value is -1.08. The third-order valence-electron chi connectivity index (χ3n) is 6.51. The molecule has 0 saturated heterocycles. The van der Waals surface area contributed by atoms with Crippen LogP contribution in [0.4, 0.5) is 0 Å². The maximum absolute atomic E-state index is 5.50. The molecule has 2 aliphatic carbocycles. The molecule has 1 heteroatoms. The minimum absolute atomic E-state index is 0.747. The standard InChI is InChI=1S/C23H34O/c1-3-18-5-9-20(10-6-18)22-13-15-23(16-14-22)21-11-7-19(8-12-21)17-24-4-2/h3,7-8,11-12,18,20,22-23H,1,4-6,9-10,13-17H2,2H3/t18-,20-,22-,23-. The van der Waals surface area contributed by atoms with Crippen molar-refractivity contribution in [3.05, 3.63) is 48.0 Å². The Balaban J connectivity index is 1.47. The monoisotopic (exact) mass is 326 g/mol. The topological polar surface area (TPSA) is 9.23 Å². The first-order valence-electron chi connectivity index (χ1n) is 10.1. The fraction of sp³-hybridized carbons (Fsp3) is 0.652. The van der Waals surface area contributed by atoms with E-state index in [2.05, 4.69) is 43.8 Å². The lowest BCUT2D eigenvalue weighted by Crippen LogP contribution is -2.25. The molecule has 1 aromatic rings. The van der Waals surface area contributed by atoms with Crippen LogP contribution < -0.4 is 0 Å². The summed E-state index contributed by atoms with van der Waals surface area (Å²) < 4.78 is 5.50. The van der Waals surface area contributed by atoms with Crippen LogP contribution >= 0.6 is 0 Å². The van der Waals surface area contributed by atoms with E-state index in [0.29, 0.717) is 0 Å². The molecule has 1 aromatic carbocycles. The van der Waals surface area contributed by atoms with E-state index in [1.807, 2.05) is 0 Å². The lowest BCUT2D eigenvalue weighted by Gasteiger charge is -2.37. The highest BCUT2D eigenvalue weighted by Crippen LogP contribution is 2.44. The molecule has 0 aliphatic heterocycles. The van der Waals surface area contributed by atoms with E-state index in [4.69, 9.17) is 4.74 Å². The van der Waals surface area contributed by atoms with Gasteiger partial charge in [0.15, 0.2) is 0 Å². The summed E-state index contributed by atoms with van der Waals surface area (Å²) in [6, 6.07) is 9.20. The van der Waals surface area contributed by atoms with Crippen LogP contribution in [0.3, 0.4) is 0 Å². The summed E-state index contributed by atoms with van der Waals surface area (Å²) >= 11 is 0. The van der Waals surface area contributed by atoms with Crippen molar-refractivity contribution in [2.24, 2.45) is 17.8 Å². The highest BCUT2D eigenvalue weighted by Gasteiger charge is 2.30. The minimum atomic E-state index is 0.747. The van der Waals surface area contributed by atoms with Crippen molar-refractivity contribution in [3.8, 4) is 0 Å². The number of rotatable bonds is 6. The average molecular weight is 327 g/mol. The van der Waals surface area contributed by atoms with E-state index in [1.54, 1.807) is 5.56 Å². The van der Waals surface area contributed by atoms with Crippen LogP contribution in [0.2, 0.25) is 0 Å². The summed E-state index contributed by atoms with van der Waals surface area (Å²) in [6.07, 6.45) is 13.5. The zero-order valence-electron chi connectivity index (χ0n) is 15.4. The first-order chi connectivity index (χ1) is 11.8. The van der Waals surface area contributed by atoms with Gasteiger partial charge >= 0.3 is 0 Å². The summed E-state index contributed by atoms with van der Waals surface area (Å²) in [7, 11) is 0. The van der Waals surface area contributed by atoms with Gasteiger partial charge < -0.3 is 4.74 Å². The SMILES string of the molecule is C=C[C@H]1CC[C@H]([C@H]2CC[C@H](c3ccc(COCC)cc3)CC2)CC1. The molecule has 0 N–H and O–H groups in total. The highest BCUT2D eigenvalue weighted by molar-refractivity contribution is 5.25. The van der Waals surface area contributed by atoms with Crippen molar-refractivity contribution >= 4 is 0 Å². The van der Waals surface area contributed by atoms with Crippen molar-refractivity contribution in [2.75, 3.05) is 6.61 Å². The fourth-order valence-corrected chi connectivity index (χ4v) is 4.88. The molecule has 0 amide bonds. The Labute approximate surface area is 148 Å². The molecular formula is C23H34O. The average Bonchev–Trinajstić information content (AvgIpc) is 2.67. The van der Waals surface area contributed by atoms with Crippen molar-refractivity contribution in [1.82, 2.24) is 0 Å². The molecule has 0 bridgehead atoms. The zero-order valence-corrected chi connectivity index (χ0v) is 15.4. The van der Waals surface area contributed by atoms with Gasteiger partial charge in [0.1, 0.15) is 0 Å². The molecule has 1 nitrogen and oxygen atoms in total. The van der Waals surface area contributed by atoms with Gasteiger partial charge in [-0.2, -0.15) is 0 Å². The second-order valence-corrected chi connectivity index (χ2v) is 7.90. The molecule has 0 radical (unpaired) electrons. The molecule has 2 saturated carbocycles. The van der Waals surface area contributed by atoms with Gasteiger partial charge in [0.25, 0.3) is 0 Å². The van der Waals surface area contributed by atoms with Gasteiger partial charge in [0, 0.05) is 6.61 Å². The smallest absolute Gasteiger partial charge is 0.0716 e. The molecule has 2 aliphatic rings. The summed E-state index contributed by atoms with van der Waals surface area (Å²) in [5.41, 5.74) is 2.84. The van der Waals surface area contributed by atoms with Crippen molar-refractivity contribution < 1.29 is 4.74 Å². The molecule has 3 rings (SSSR count). The van der Waals surface area contributed by atoms with E-state index in [0.717, 1.165) is 36.9 Å². The Morgan fingerprint density at radius 2 is 1.50 bits per heavy atom.